The number of carbonyl (C=O) groups is 2. The van der Waals surface area contributed by atoms with Crippen LogP contribution in [-0.2, 0) is 16.0 Å². The molecule has 124 valence electrons. The smallest absolute Gasteiger partial charge is 0.341 e. The number of benzene rings is 1. The molecular weight excluding hydrogens is 324 g/mol. The van der Waals surface area contributed by atoms with Gasteiger partial charge in [0.15, 0.2) is 6.61 Å². The molecule has 1 aliphatic rings. The molecule has 0 saturated carbocycles. The number of hydrogen-bond acceptors (Lipinski definition) is 5. The highest BCUT2D eigenvalue weighted by Crippen LogP contribution is 2.31. The highest BCUT2D eigenvalue weighted by atomic mass is 32.2. The van der Waals surface area contributed by atoms with Crippen LogP contribution in [0.15, 0.2) is 47.6 Å². The van der Waals surface area contributed by atoms with Crippen LogP contribution >= 0.6 is 11.8 Å². The lowest BCUT2D eigenvalue weighted by Gasteiger charge is -2.22. The molecule has 5 nitrogen and oxygen atoms in total. The van der Waals surface area contributed by atoms with E-state index in [-0.39, 0.29) is 18.6 Å². The zero-order valence-electron chi connectivity index (χ0n) is 13.6. The predicted octanol–water partition coefficient (Wildman–Crippen LogP) is 2.94. The number of carbonyl (C=O) groups excluding carboxylic acids is 2. The molecule has 0 fully saturated rings. The average Bonchev–Trinajstić information content (AvgIpc) is 2.95. The first-order chi connectivity index (χ1) is 11.6. The van der Waals surface area contributed by atoms with E-state index < -0.39 is 5.97 Å². The Morgan fingerprint density at radius 2 is 2.08 bits per heavy atom. The van der Waals surface area contributed by atoms with Gasteiger partial charge in [-0.1, -0.05) is 18.2 Å². The van der Waals surface area contributed by atoms with Gasteiger partial charge in [-0.2, -0.15) is 0 Å². The van der Waals surface area contributed by atoms with Crippen LogP contribution in [0.2, 0.25) is 0 Å². The number of thioether (sulfide) groups is 1. The van der Waals surface area contributed by atoms with Gasteiger partial charge < -0.3 is 9.64 Å². The molecule has 1 aromatic carbocycles. The SMILES string of the molecule is CSc1ncccc1C(=O)OCC(=O)N1c2ccccc2C[C@@H]1C. The van der Waals surface area contributed by atoms with Crippen molar-refractivity contribution in [3.63, 3.8) is 0 Å². The Bertz CT molecular complexity index is 778. The third-order valence-corrected chi connectivity index (χ3v) is 4.70. The number of esters is 1. The van der Waals surface area contributed by atoms with E-state index in [1.807, 2.05) is 37.4 Å². The standard InChI is InChI=1S/C18H18N2O3S/c1-12-10-13-6-3-4-8-15(13)20(12)16(21)11-23-18(22)14-7-5-9-19-17(14)24-2/h3-9,12H,10-11H2,1-2H3/t12-/m0/s1. The second-order valence-corrected chi connectivity index (χ2v) is 6.38. The fourth-order valence-corrected chi connectivity index (χ4v) is 3.47. The minimum atomic E-state index is -0.527. The van der Waals surface area contributed by atoms with Crippen LogP contribution in [0, 0.1) is 0 Å². The number of aromatic nitrogens is 1. The number of fused-ring (bicyclic) bond motifs is 1. The van der Waals surface area contributed by atoms with Crippen LogP contribution in [0.25, 0.3) is 0 Å². The Balaban J connectivity index is 1.69. The molecule has 0 aliphatic carbocycles. The van der Waals surface area contributed by atoms with Crippen LogP contribution < -0.4 is 4.90 Å². The lowest BCUT2D eigenvalue weighted by atomic mass is 10.1. The van der Waals surface area contributed by atoms with Crippen LogP contribution in [0.4, 0.5) is 5.69 Å². The van der Waals surface area contributed by atoms with E-state index in [1.165, 1.54) is 11.8 Å². The van der Waals surface area contributed by atoms with Crippen molar-refractivity contribution in [2.75, 3.05) is 17.8 Å². The van der Waals surface area contributed by atoms with Crippen molar-refractivity contribution in [1.29, 1.82) is 0 Å². The van der Waals surface area contributed by atoms with Crippen molar-refractivity contribution in [3.8, 4) is 0 Å². The fourth-order valence-electron chi connectivity index (χ4n) is 2.93. The maximum absolute atomic E-state index is 12.5. The lowest BCUT2D eigenvalue weighted by Crippen LogP contribution is -2.38. The second-order valence-electron chi connectivity index (χ2n) is 5.58. The monoisotopic (exact) mass is 342 g/mol. The van der Waals surface area contributed by atoms with E-state index in [1.54, 1.807) is 23.2 Å². The number of nitrogens with zero attached hydrogens (tertiary/aromatic N) is 2. The first kappa shape index (κ1) is 16.5. The van der Waals surface area contributed by atoms with Gasteiger partial charge >= 0.3 is 5.97 Å². The molecule has 1 aliphatic heterocycles. The van der Waals surface area contributed by atoms with Crippen LogP contribution in [0.3, 0.4) is 0 Å². The van der Waals surface area contributed by atoms with E-state index in [2.05, 4.69) is 4.98 Å². The average molecular weight is 342 g/mol. The molecule has 1 atom stereocenters. The molecule has 0 saturated heterocycles. The maximum atomic E-state index is 12.5. The largest absolute Gasteiger partial charge is 0.452 e. The zero-order valence-corrected chi connectivity index (χ0v) is 14.4. The van der Waals surface area contributed by atoms with E-state index in [0.29, 0.717) is 10.6 Å². The molecule has 0 unspecified atom stereocenters. The number of para-hydroxylation sites is 1. The topological polar surface area (TPSA) is 59.5 Å². The van der Waals surface area contributed by atoms with E-state index in [4.69, 9.17) is 4.74 Å². The third-order valence-electron chi connectivity index (χ3n) is 3.99. The number of anilines is 1. The Morgan fingerprint density at radius 3 is 2.88 bits per heavy atom. The number of ether oxygens (including phenoxy) is 1. The first-order valence-corrected chi connectivity index (χ1v) is 8.90. The normalized spacial score (nSPS) is 15.9. The van der Waals surface area contributed by atoms with Gasteiger partial charge in [-0.05, 0) is 43.4 Å². The van der Waals surface area contributed by atoms with E-state index in [0.717, 1.165) is 17.7 Å². The summed E-state index contributed by atoms with van der Waals surface area (Å²) in [5.74, 6) is -0.740. The zero-order chi connectivity index (χ0) is 17.1. The summed E-state index contributed by atoms with van der Waals surface area (Å²) in [7, 11) is 0. The summed E-state index contributed by atoms with van der Waals surface area (Å²) in [4.78, 5) is 30.6. The summed E-state index contributed by atoms with van der Waals surface area (Å²) >= 11 is 1.37. The lowest BCUT2D eigenvalue weighted by molar-refractivity contribution is -0.122. The Morgan fingerprint density at radius 1 is 1.29 bits per heavy atom. The van der Waals surface area contributed by atoms with Gasteiger partial charge in [0.1, 0.15) is 5.03 Å². The molecule has 1 amide bonds. The minimum Gasteiger partial charge on any atom is -0.452 e. The fraction of sp³-hybridized carbons (Fsp3) is 0.278. The van der Waals surface area contributed by atoms with Crippen molar-refractivity contribution >= 4 is 29.3 Å². The van der Waals surface area contributed by atoms with E-state index in [9.17, 15) is 9.59 Å². The molecule has 0 spiro atoms. The molecule has 3 rings (SSSR count). The predicted molar refractivity (Wildman–Crippen MR) is 93.4 cm³/mol. The molecule has 0 bridgehead atoms. The highest BCUT2D eigenvalue weighted by molar-refractivity contribution is 7.98. The quantitative estimate of drug-likeness (QED) is 0.631. The summed E-state index contributed by atoms with van der Waals surface area (Å²) in [6, 6.07) is 11.2. The van der Waals surface area contributed by atoms with E-state index >= 15 is 0 Å². The molecule has 0 N–H and O–H groups in total. The third kappa shape index (κ3) is 3.14. The van der Waals surface area contributed by atoms with Crippen molar-refractivity contribution in [3.05, 3.63) is 53.7 Å². The molecular formula is C18H18N2O3S. The molecule has 24 heavy (non-hydrogen) atoms. The second kappa shape index (κ2) is 7.05. The van der Waals surface area contributed by atoms with Crippen LogP contribution in [-0.4, -0.2) is 35.8 Å². The molecule has 0 radical (unpaired) electrons. The van der Waals surface area contributed by atoms with Gasteiger partial charge in [0, 0.05) is 17.9 Å². The summed E-state index contributed by atoms with van der Waals surface area (Å²) in [5, 5.41) is 0.592. The van der Waals surface area contributed by atoms with Gasteiger partial charge in [-0.25, -0.2) is 9.78 Å². The molecule has 1 aromatic heterocycles. The number of rotatable bonds is 4. The molecule has 2 heterocycles. The molecule has 2 aromatic rings. The summed E-state index contributed by atoms with van der Waals surface area (Å²) in [6.07, 6.45) is 4.28. The van der Waals surface area contributed by atoms with Crippen molar-refractivity contribution in [2.45, 2.75) is 24.4 Å². The Hall–Kier alpha value is -2.34. The van der Waals surface area contributed by atoms with Gasteiger partial charge in [0.05, 0.1) is 5.56 Å². The van der Waals surface area contributed by atoms with Gasteiger partial charge in [0.25, 0.3) is 5.91 Å². The van der Waals surface area contributed by atoms with Gasteiger partial charge in [0.2, 0.25) is 0 Å². The van der Waals surface area contributed by atoms with Crippen LogP contribution in [0.1, 0.15) is 22.8 Å². The van der Waals surface area contributed by atoms with Crippen molar-refractivity contribution < 1.29 is 14.3 Å². The minimum absolute atomic E-state index is 0.0637. The Kier molecular flexibility index (Phi) is 4.85. The van der Waals surface area contributed by atoms with Crippen LogP contribution in [0.5, 0.6) is 0 Å². The number of amides is 1. The molecule has 6 heteroatoms. The van der Waals surface area contributed by atoms with Crippen molar-refractivity contribution in [2.24, 2.45) is 0 Å². The number of pyridine rings is 1. The highest BCUT2D eigenvalue weighted by Gasteiger charge is 2.31. The van der Waals surface area contributed by atoms with Gasteiger partial charge in [-0.15, -0.1) is 11.8 Å². The summed E-state index contributed by atoms with van der Waals surface area (Å²) in [5.41, 5.74) is 2.42. The van der Waals surface area contributed by atoms with Gasteiger partial charge in [-0.3, -0.25) is 4.79 Å². The first-order valence-electron chi connectivity index (χ1n) is 7.68. The Labute approximate surface area is 145 Å². The summed E-state index contributed by atoms with van der Waals surface area (Å²) < 4.78 is 5.22. The van der Waals surface area contributed by atoms with Crippen molar-refractivity contribution in [1.82, 2.24) is 4.98 Å². The summed E-state index contributed by atoms with van der Waals surface area (Å²) in [6.45, 7) is 1.72. The number of hydrogen-bond donors (Lipinski definition) is 0. The maximum Gasteiger partial charge on any atom is 0.341 e.